The van der Waals surface area contributed by atoms with Crippen molar-refractivity contribution in [1.29, 1.82) is 0 Å². The van der Waals surface area contributed by atoms with Crippen LogP contribution in [0.1, 0.15) is 19.4 Å². The van der Waals surface area contributed by atoms with Crippen molar-refractivity contribution in [3.63, 3.8) is 0 Å². The van der Waals surface area contributed by atoms with Crippen LogP contribution >= 0.6 is 0 Å². The molecule has 0 saturated carbocycles. The van der Waals surface area contributed by atoms with Crippen molar-refractivity contribution in [2.75, 3.05) is 7.11 Å². The first-order chi connectivity index (χ1) is 11.4. The van der Waals surface area contributed by atoms with E-state index in [0.29, 0.717) is 16.4 Å². The van der Waals surface area contributed by atoms with Crippen molar-refractivity contribution in [3.05, 3.63) is 52.7 Å². The number of methoxy groups -OCH3 is 1. The zero-order valence-corrected chi connectivity index (χ0v) is 13.6. The summed E-state index contributed by atoms with van der Waals surface area (Å²) in [6.07, 6.45) is 1.85. The SMILES string of the molecule is COc1cc(=C2C(=O)OC(C)(C)OC2=O)[nH]/c1=C\c1ccccc1. The van der Waals surface area contributed by atoms with E-state index < -0.39 is 17.7 Å². The summed E-state index contributed by atoms with van der Waals surface area (Å²) < 4.78 is 15.6. The molecule has 0 radical (unpaired) electrons. The summed E-state index contributed by atoms with van der Waals surface area (Å²) in [5.74, 6) is -2.22. The van der Waals surface area contributed by atoms with Crippen molar-refractivity contribution >= 4 is 23.6 Å². The fourth-order valence-electron chi connectivity index (χ4n) is 2.45. The number of cyclic esters (lactones) is 2. The highest BCUT2D eigenvalue weighted by molar-refractivity contribution is 6.37. The third-order valence-corrected chi connectivity index (χ3v) is 3.50. The highest BCUT2D eigenvalue weighted by Gasteiger charge is 2.39. The van der Waals surface area contributed by atoms with E-state index in [-0.39, 0.29) is 5.57 Å². The Hall–Kier alpha value is -3.02. The Labute approximate surface area is 138 Å². The van der Waals surface area contributed by atoms with Gasteiger partial charge in [-0.25, -0.2) is 9.59 Å². The number of carbonyl (C=O) groups is 2. The van der Waals surface area contributed by atoms with Crippen LogP contribution in [0.25, 0.3) is 11.6 Å². The third-order valence-electron chi connectivity index (χ3n) is 3.50. The first-order valence-electron chi connectivity index (χ1n) is 7.40. The van der Waals surface area contributed by atoms with Crippen LogP contribution in [0.3, 0.4) is 0 Å². The molecule has 6 heteroatoms. The van der Waals surface area contributed by atoms with Gasteiger partial charge in [0.15, 0.2) is 5.57 Å². The van der Waals surface area contributed by atoms with Crippen LogP contribution in [0.4, 0.5) is 0 Å². The van der Waals surface area contributed by atoms with Gasteiger partial charge in [-0.1, -0.05) is 30.3 Å². The number of esters is 2. The number of carbonyl (C=O) groups excluding carboxylic acids is 2. The molecule has 1 aromatic heterocycles. The van der Waals surface area contributed by atoms with Crippen LogP contribution in [0.5, 0.6) is 5.75 Å². The van der Waals surface area contributed by atoms with E-state index in [4.69, 9.17) is 14.2 Å². The monoisotopic (exact) mass is 327 g/mol. The molecule has 1 aliphatic rings. The average molecular weight is 327 g/mol. The van der Waals surface area contributed by atoms with Crippen LogP contribution in [-0.4, -0.2) is 29.8 Å². The van der Waals surface area contributed by atoms with Gasteiger partial charge in [-0.3, -0.25) is 0 Å². The van der Waals surface area contributed by atoms with Gasteiger partial charge < -0.3 is 19.2 Å². The Kier molecular flexibility index (Phi) is 3.89. The molecule has 24 heavy (non-hydrogen) atoms. The summed E-state index contributed by atoms with van der Waals surface area (Å²) in [5, 5.41) is 0.927. The molecule has 0 unspecified atom stereocenters. The molecule has 2 heterocycles. The molecule has 0 aliphatic carbocycles. The normalized spacial score (nSPS) is 17.5. The maximum Gasteiger partial charge on any atom is 0.351 e. The average Bonchev–Trinajstić information content (AvgIpc) is 2.88. The Morgan fingerprint density at radius 2 is 1.71 bits per heavy atom. The molecule has 1 aliphatic heterocycles. The van der Waals surface area contributed by atoms with E-state index in [0.717, 1.165) is 5.56 Å². The lowest BCUT2D eigenvalue weighted by Crippen LogP contribution is -2.43. The van der Waals surface area contributed by atoms with Gasteiger partial charge in [0.05, 0.1) is 17.8 Å². The molecule has 1 N–H and O–H groups in total. The lowest BCUT2D eigenvalue weighted by Gasteiger charge is -2.29. The zero-order valence-electron chi connectivity index (χ0n) is 13.6. The molecular weight excluding hydrogens is 310 g/mol. The van der Waals surface area contributed by atoms with E-state index in [1.54, 1.807) is 6.07 Å². The standard InChI is InChI=1S/C18H17NO5/c1-18(2)23-16(20)15(17(21)24-18)13-10-14(22-3)12(19-13)9-11-7-5-4-6-8-11/h4-10,19H,1-3H3/b12-9-. The van der Waals surface area contributed by atoms with Gasteiger partial charge in [0.25, 0.3) is 5.79 Å². The van der Waals surface area contributed by atoms with Gasteiger partial charge in [-0.2, -0.15) is 0 Å². The fourth-order valence-corrected chi connectivity index (χ4v) is 2.45. The van der Waals surface area contributed by atoms with Gasteiger partial charge in [0.2, 0.25) is 0 Å². The maximum absolute atomic E-state index is 12.2. The summed E-state index contributed by atoms with van der Waals surface area (Å²) in [6, 6.07) is 11.2. The highest BCUT2D eigenvalue weighted by Crippen LogP contribution is 2.22. The number of hydrogen-bond donors (Lipinski definition) is 1. The molecule has 1 saturated heterocycles. The van der Waals surface area contributed by atoms with Gasteiger partial charge >= 0.3 is 11.9 Å². The van der Waals surface area contributed by atoms with Crippen molar-refractivity contribution in [2.45, 2.75) is 19.6 Å². The van der Waals surface area contributed by atoms with E-state index in [2.05, 4.69) is 4.98 Å². The second-order valence-corrected chi connectivity index (χ2v) is 5.77. The van der Waals surface area contributed by atoms with E-state index in [1.165, 1.54) is 21.0 Å². The number of benzene rings is 1. The largest absolute Gasteiger partial charge is 0.494 e. The molecule has 6 nitrogen and oxygen atoms in total. The molecule has 2 aromatic rings. The summed E-state index contributed by atoms with van der Waals surface area (Å²) in [4.78, 5) is 27.3. The smallest absolute Gasteiger partial charge is 0.351 e. The first-order valence-corrected chi connectivity index (χ1v) is 7.40. The summed E-state index contributed by atoms with van der Waals surface area (Å²) in [6.45, 7) is 3.01. The second kappa shape index (κ2) is 5.88. The summed E-state index contributed by atoms with van der Waals surface area (Å²) in [7, 11) is 1.51. The van der Waals surface area contributed by atoms with Crippen molar-refractivity contribution in [3.8, 4) is 5.75 Å². The predicted octanol–water partition coefficient (Wildman–Crippen LogP) is 0.839. The van der Waals surface area contributed by atoms with Crippen molar-refractivity contribution in [1.82, 2.24) is 4.98 Å². The number of nitrogens with one attached hydrogen (secondary N) is 1. The van der Waals surface area contributed by atoms with Gasteiger partial charge in [-0.05, 0) is 11.6 Å². The van der Waals surface area contributed by atoms with E-state index >= 15 is 0 Å². The Balaban J connectivity index is 2.15. The van der Waals surface area contributed by atoms with Crippen molar-refractivity contribution in [2.24, 2.45) is 0 Å². The molecular formula is C18H17NO5. The minimum Gasteiger partial charge on any atom is -0.494 e. The van der Waals surface area contributed by atoms with Crippen LogP contribution in [0.2, 0.25) is 0 Å². The molecule has 1 aromatic carbocycles. The van der Waals surface area contributed by atoms with Gasteiger partial charge in [-0.15, -0.1) is 0 Å². The topological polar surface area (TPSA) is 77.6 Å². The third kappa shape index (κ3) is 3.03. The molecule has 124 valence electrons. The lowest BCUT2D eigenvalue weighted by molar-refractivity contribution is -0.217. The minimum absolute atomic E-state index is 0.180. The maximum atomic E-state index is 12.2. The zero-order chi connectivity index (χ0) is 17.3. The quantitative estimate of drug-likeness (QED) is 0.827. The number of aromatic nitrogens is 1. The van der Waals surface area contributed by atoms with Gasteiger partial charge in [0, 0.05) is 19.9 Å². The van der Waals surface area contributed by atoms with Crippen LogP contribution in [0.15, 0.2) is 36.4 Å². The van der Waals surface area contributed by atoms with Gasteiger partial charge in [0.1, 0.15) is 5.75 Å². The molecule has 3 rings (SSSR count). The Bertz CT molecular complexity index is 887. The second-order valence-electron chi connectivity index (χ2n) is 5.77. The summed E-state index contributed by atoms with van der Waals surface area (Å²) in [5.41, 5.74) is 0.768. The molecule has 0 amide bonds. The number of hydrogen-bond acceptors (Lipinski definition) is 5. The number of ether oxygens (including phenoxy) is 3. The Morgan fingerprint density at radius 3 is 2.29 bits per heavy atom. The molecule has 1 fully saturated rings. The Morgan fingerprint density at radius 1 is 1.08 bits per heavy atom. The number of rotatable bonds is 2. The van der Waals surface area contributed by atoms with E-state index in [9.17, 15) is 9.59 Å². The van der Waals surface area contributed by atoms with Crippen molar-refractivity contribution < 1.29 is 23.8 Å². The van der Waals surface area contributed by atoms with Crippen LogP contribution < -0.4 is 15.4 Å². The van der Waals surface area contributed by atoms with Crippen LogP contribution in [-0.2, 0) is 19.1 Å². The fraction of sp³-hybridized carbons (Fsp3) is 0.222. The van der Waals surface area contributed by atoms with Crippen LogP contribution in [0, 0.1) is 0 Å². The lowest BCUT2D eigenvalue weighted by atomic mass is 10.2. The first kappa shape index (κ1) is 15.9. The molecule has 0 spiro atoms. The predicted molar refractivity (Wildman–Crippen MR) is 86.3 cm³/mol. The number of H-pyrrole nitrogens is 1. The number of aromatic amines is 1. The minimum atomic E-state index is -1.27. The summed E-state index contributed by atoms with van der Waals surface area (Å²) >= 11 is 0. The molecule has 0 atom stereocenters. The highest BCUT2D eigenvalue weighted by atomic mass is 16.7. The van der Waals surface area contributed by atoms with E-state index in [1.807, 2.05) is 36.4 Å². The molecule has 0 bridgehead atoms.